The molecule has 25 heavy (non-hydrogen) atoms. The summed E-state index contributed by atoms with van der Waals surface area (Å²) in [6.07, 6.45) is 5.62. The highest BCUT2D eigenvalue weighted by Crippen LogP contribution is 2.37. The van der Waals surface area contributed by atoms with E-state index in [2.05, 4.69) is 46.0 Å². The Hall–Kier alpha value is -1.51. The second kappa shape index (κ2) is 8.73. The Morgan fingerprint density at radius 3 is 2.44 bits per heavy atom. The van der Waals surface area contributed by atoms with Crippen molar-refractivity contribution < 1.29 is 9.53 Å². The van der Waals surface area contributed by atoms with Crippen LogP contribution in [0.2, 0.25) is 0 Å². The number of para-hydroxylation sites is 1. The molecule has 0 radical (unpaired) electrons. The number of hydrogen-bond acceptors (Lipinski definition) is 2. The molecule has 1 unspecified atom stereocenters. The largest absolute Gasteiger partial charge is 0.483 e. The minimum atomic E-state index is -0.00170. The van der Waals surface area contributed by atoms with Crippen molar-refractivity contribution in [1.29, 1.82) is 0 Å². The van der Waals surface area contributed by atoms with Crippen LogP contribution >= 0.6 is 0 Å². The van der Waals surface area contributed by atoms with Crippen molar-refractivity contribution in [2.75, 3.05) is 6.61 Å². The monoisotopic (exact) mass is 345 g/mol. The molecular weight excluding hydrogens is 310 g/mol. The van der Waals surface area contributed by atoms with Crippen LogP contribution in [-0.4, -0.2) is 18.6 Å². The Morgan fingerprint density at radius 1 is 1.20 bits per heavy atom. The minimum absolute atomic E-state index is 0.00170. The van der Waals surface area contributed by atoms with E-state index in [0.717, 1.165) is 30.9 Å². The van der Waals surface area contributed by atoms with E-state index in [4.69, 9.17) is 4.74 Å². The van der Waals surface area contributed by atoms with Gasteiger partial charge in [-0.1, -0.05) is 52.8 Å². The molecule has 1 aliphatic carbocycles. The predicted octanol–water partition coefficient (Wildman–Crippen LogP) is 5.30. The van der Waals surface area contributed by atoms with Crippen LogP contribution in [0.15, 0.2) is 24.3 Å². The Kier molecular flexibility index (Phi) is 6.92. The summed E-state index contributed by atoms with van der Waals surface area (Å²) in [6, 6.07) is 8.35. The van der Waals surface area contributed by atoms with Crippen molar-refractivity contribution in [3.05, 3.63) is 29.8 Å². The van der Waals surface area contributed by atoms with Gasteiger partial charge in [0.1, 0.15) is 5.75 Å². The van der Waals surface area contributed by atoms with Crippen LogP contribution in [0, 0.1) is 11.3 Å². The third kappa shape index (κ3) is 5.76. The summed E-state index contributed by atoms with van der Waals surface area (Å²) in [7, 11) is 0. The fourth-order valence-corrected chi connectivity index (χ4v) is 3.76. The van der Waals surface area contributed by atoms with Gasteiger partial charge >= 0.3 is 0 Å². The van der Waals surface area contributed by atoms with E-state index in [-0.39, 0.29) is 12.5 Å². The lowest BCUT2D eigenvalue weighted by atomic mass is 9.71. The lowest BCUT2D eigenvalue weighted by Gasteiger charge is -2.37. The van der Waals surface area contributed by atoms with Gasteiger partial charge in [-0.15, -0.1) is 0 Å². The Bertz CT molecular complexity index is 553. The standard InChI is InChI=1S/C22H35NO2/c1-6-16(2)19-9-7-8-10-20(19)25-15-21(24)23-18-13-11-17(12-14-18)22(3,4)5/h7-10,16-18H,6,11-15H2,1-5H3,(H,23,24). The summed E-state index contributed by atoms with van der Waals surface area (Å²) in [6.45, 7) is 11.4. The topological polar surface area (TPSA) is 38.3 Å². The number of carbonyl (C=O) groups excluding carboxylic acids is 1. The van der Waals surface area contributed by atoms with Gasteiger partial charge in [-0.05, 0) is 61.0 Å². The van der Waals surface area contributed by atoms with Crippen LogP contribution in [0.1, 0.15) is 78.2 Å². The number of amides is 1. The minimum Gasteiger partial charge on any atom is -0.483 e. The van der Waals surface area contributed by atoms with E-state index in [1.54, 1.807) is 0 Å². The van der Waals surface area contributed by atoms with Crippen molar-refractivity contribution in [1.82, 2.24) is 5.32 Å². The highest BCUT2D eigenvalue weighted by molar-refractivity contribution is 5.77. The zero-order chi connectivity index (χ0) is 18.4. The first-order chi connectivity index (χ1) is 11.8. The number of ether oxygens (including phenoxy) is 1. The van der Waals surface area contributed by atoms with Gasteiger partial charge in [0, 0.05) is 6.04 Å². The molecule has 1 atom stereocenters. The second-order valence-electron chi connectivity index (χ2n) is 8.62. The fourth-order valence-electron chi connectivity index (χ4n) is 3.76. The van der Waals surface area contributed by atoms with Gasteiger partial charge in [0.05, 0.1) is 0 Å². The molecule has 0 saturated heterocycles. The molecule has 3 heteroatoms. The van der Waals surface area contributed by atoms with E-state index < -0.39 is 0 Å². The summed E-state index contributed by atoms with van der Waals surface area (Å²) in [5.74, 6) is 2.04. The molecule has 1 fully saturated rings. The summed E-state index contributed by atoms with van der Waals surface area (Å²) < 4.78 is 5.83. The lowest BCUT2D eigenvalue weighted by molar-refractivity contribution is -0.124. The van der Waals surface area contributed by atoms with Crippen LogP contribution in [0.4, 0.5) is 0 Å². The second-order valence-corrected chi connectivity index (χ2v) is 8.62. The van der Waals surface area contributed by atoms with Crippen LogP contribution in [-0.2, 0) is 4.79 Å². The van der Waals surface area contributed by atoms with Crippen LogP contribution in [0.3, 0.4) is 0 Å². The van der Waals surface area contributed by atoms with E-state index >= 15 is 0 Å². The zero-order valence-corrected chi connectivity index (χ0v) is 16.6. The molecule has 1 aromatic rings. The van der Waals surface area contributed by atoms with Gasteiger partial charge in [0.15, 0.2) is 6.61 Å². The first-order valence-corrected chi connectivity index (χ1v) is 9.82. The van der Waals surface area contributed by atoms with E-state index in [1.165, 1.54) is 18.4 Å². The van der Waals surface area contributed by atoms with E-state index in [9.17, 15) is 4.79 Å². The molecule has 0 spiro atoms. The zero-order valence-electron chi connectivity index (χ0n) is 16.6. The molecule has 1 amide bonds. The first-order valence-electron chi connectivity index (χ1n) is 9.82. The SMILES string of the molecule is CCC(C)c1ccccc1OCC(=O)NC1CCC(C(C)(C)C)CC1. The number of carbonyl (C=O) groups is 1. The number of hydrogen-bond donors (Lipinski definition) is 1. The third-order valence-electron chi connectivity index (χ3n) is 5.74. The van der Waals surface area contributed by atoms with Crippen LogP contribution in [0.5, 0.6) is 5.75 Å². The molecule has 1 saturated carbocycles. The third-order valence-corrected chi connectivity index (χ3v) is 5.74. The Morgan fingerprint density at radius 2 is 1.84 bits per heavy atom. The molecule has 1 aliphatic rings. The Labute approximate surface area is 153 Å². The lowest BCUT2D eigenvalue weighted by Crippen LogP contribution is -2.41. The molecule has 1 N–H and O–H groups in total. The molecule has 0 aromatic heterocycles. The quantitative estimate of drug-likeness (QED) is 0.760. The maximum Gasteiger partial charge on any atom is 0.258 e. The van der Waals surface area contributed by atoms with Gasteiger partial charge in [0.25, 0.3) is 5.91 Å². The predicted molar refractivity (Wildman–Crippen MR) is 104 cm³/mol. The summed E-state index contributed by atoms with van der Waals surface area (Å²) in [4.78, 5) is 12.3. The average Bonchev–Trinajstić information content (AvgIpc) is 2.59. The van der Waals surface area contributed by atoms with Crippen LogP contribution in [0.25, 0.3) is 0 Å². The van der Waals surface area contributed by atoms with Crippen molar-refractivity contribution in [3.63, 3.8) is 0 Å². The summed E-state index contributed by atoms with van der Waals surface area (Å²) in [5.41, 5.74) is 1.56. The molecule has 0 bridgehead atoms. The maximum atomic E-state index is 12.3. The van der Waals surface area contributed by atoms with Gasteiger partial charge in [-0.25, -0.2) is 0 Å². The van der Waals surface area contributed by atoms with Crippen molar-refractivity contribution in [3.8, 4) is 5.75 Å². The number of nitrogens with one attached hydrogen (secondary N) is 1. The highest BCUT2D eigenvalue weighted by Gasteiger charge is 2.30. The van der Waals surface area contributed by atoms with Crippen molar-refractivity contribution >= 4 is 5.91 Å². The Balaban J connectivity index is 1.81. The van der Waals surface area contributed by atoms with E-state index in [1.807, 2.05) is 18.2 Å². The summed E-state index contributed by atoms with van der Waals surface area (Å²) in [5, 5.41) is 3.16. The fraction of sp³-hybridized carbons (Fsp3) is 0.682. The van der Waals surface area contributed by atoms with Crippen LogP contribution < -0.4 is 10.1 Å². The van der Waals surface area contributed by atoms with Gasteiger partial charge in [-0.2, -0.15) is 0 Å². The number of benzene rings is 1. The molecule has 1 aromatic carbocycles. The van der Waals surface area contributed by atoms with Gasteiger partial charge in [0.2, 0.25) is 0 Å². The van der Waals surface area contributed by atoms with Gasteiger partial charge < -0.3 is 10.1 Å². The van der Waals surface area contributed by atoms with Gasteiger partial charge in [-0.3, -0.25) is 4.79 Å². The molecular formula is C22H35NO2. The molecule has 2 rings (SSSR count). The summed E-state index contributed by atoms with van der Waals surface area (Å²) >= 11 is 0. The molecule has 0 heterocycles. The number of rotatable bonds is 6. The van der Waals surface area contributed by atoms with Crippen molar-refractivity contribution in [2.45, 2.75) is 78.7 Å². The molecule has 3 nitrogen and oxygen atoms in total. The first kappa shape index (κ1) is 19.8. The van der Waals surface area contributed by atoms with Crippen molar-refractivity contribution in [2.24, 2.45) is 11.3 Å². The van der Waals surface area contributed by atoms with E-state index in [0.29, 0.717) is 17.4 Å². The maximum absolute atomic E-state index is 12.3. The average molecular weight is 346 g/mol. The molecule has 0 aliphatic heterocycles. The molecule has 140 valence electrons. The normalized spacial score (nSPS) is 22.3. The smallest absolute Gasteiger partial charge is 0.258 e. The highest BCUT2D eigenvalue weighted by atomic mass is 16.5.